The number of carbonyl (C=O) groups is 1. The van der Waals surface area contributed by atoms with Gasteiger partial charge in [-0.3, -0.25) is 4.79 Å². The molecule has 3 nitrogen and oxygen atoms in total. The SMILES string of the molecule is N#Cc1ccccc1N/C=C\C(=O)C(F)(F)Cl. The van der Waals surface area contributed by atoms with Crippen LogP contribution in [-0.2, 0) is 4.79 Å². The Morgan fingerprint density at radius 3 is 2.71 bits per heavy atom. The number of rotatable bonds is 4. The molecule has 6 heteroatoms. The van der Waals surface area contributed by atoms with E-state index in [1.807, 2.05) is 6.07 Å². The minimum atomic E-state index is -3.91. The molecular weight excluding hydrogens is 250 g/mol. The van der Waals surface area contributed by atoms with Gasteiger partial charge in [-0.2, -0.15) is 14.0 Å². The number of carbonyl (C=O) groups excluding carboxylic acids is 1. The first-order chi connectivity index (χ1) is 7.95. The lowest BCUT2D eigenvalue weighted by Crippen LogP contribution is -2.18. The van der Waals surface area contributed by atoms with Gasteiger partial charge in [-0.05, 0) is 23.7 Å². The molecule has 88 valence electrons. The van der Waals surface area contributed by atoms with Crippen molar-refractivity contribution in [2.45, 2.75) is 5.38 Å². The van der Waals surface area contributed by atoms with E-state index < -0.39 is 11.2 Å². The molecule has 17 heavy (non-hydrogen) atoms. The van der Waals surface area contributed by atoms with E-state index in [1.165, 1.54) is 0 Å². The molecule has 0 radical (unpaired) electrons. The van der Waals surface area contributed by atoms with Gasteiger partial charge >= 0.3 is 5.38 Å². The maximum Gasteiger partial charge on any atom is 0.384 e. The molecule has 0 heterocycles. The summed E-state index contributed by atoms with van der Waals surface area (Å²) in [4.78, 5) is 10.7. The van der Waals surface area contributed by atoms with Crippen LogP contribution in [0.1, 0.15) is 5.56 Å². The zero-order valence-electron chi connectivity index (χ0n) is 8.45. The van der Waals surface area contributed by atoms with E-state index in [2.05, 4.69) is 16.9 Å². The van der Waals surface area contributed by atoms with Gasteiger partial charge in [-0.1, -0.05) is 12.1 Å². The number of allylic oxidation sites excluding steroid dienone is 1. The quantitative estimate of drug-likeness (QED) is 0.666. The van der Waals surface area contributed by atoms with Crippen molar-refractivity contribution in [2.24, 2.45) is 0 Å². The molecule has 1 aromatic rings. The van der Waals surface area contributed by atoms with Gasteiger partial charge in [0.1, 0.15) is 6.07 Å². The van der Waals surface area contributed by atoms with Crippen LogP contribution in [0.2, 0.25) is 0 Å². The Balaban J connectivity index is 2.72. The number of ketones is 1. The summed E-state index contributed by atoms with van der Waals surface area (Å²) in [5.74, 6) is -1.53. The highest BCUT2D eigenvalue weighted by molar-refractivity contribution is 6.34. The largest absolute Gasteiger partial charge is 0.384 e. The number of halogens is 3. The zero-order chi connectivity index (χ0) is 12.9. The van der Waals surface area contributed by atoms with Crippen molar-refractivity contribution in [1.29, 1.82) is 5.26 Å². The van der Waals surface area contributed by atoms with Crippen molar-refractivity contribution in [3.8, 4) is 6.07 Å². The van der Waals surface area contributed by atoms with Crippen LogP contribution in [0.5, 0.6) is 0 Å². The fraction of sp³-hybridized carbons (Fsp3) is 0.0909. The molecular formula is C11H7ClF2N2O. The first-order valence-corrected chi connectivity index (χ1v) is 4.86. The van der Waals surface area contributed by atoms with Crippen LogP contribution in [0.25, 0.3) is 0 Å². The molecule has 1 aromatic carbocycles. The van der Waals surface area contributed by atoms with Crippen molar-refractivity contribution in [3.05, 3.63) is 42.1 Å². The Kier molecular flexibility index (Phi) is 4.18. The van der Waals surface area contributed by atoms with Crippen LogP contribution in [0, 0.1) is 11.3 Å². The molecule has 0 fully saturated rings. The smallest absolute Gasteiger partial charge is 0.360 e. The summed E-state index contributed by atoms with van der Waals surface area (Å²) in [5, 5.41) is 7.38. The minimum Gasteiger partial charge on any atom is -0.360 e. The molecule has 0 amide bonds. The second-order valence-electron chi connectivity index (χ2n) is 3.00. The summed E-state index contributed by atoms with van der Waals surface area (Å²) in [5.41, 5.74) is 0.749. The average Bonchev–Trinajstić information content (AvgIpc) is 2.28. The van der Waals surface area contributed by atoms with Crippen LogP contribution in [0.4, 0.5) is 14.5 Å². The normalized spacial score (nSPS) is 11.2. The number of anilines is 1. The molecule has 1 N–H and O–H groups in total. The number of nitrogens with one attached hydrogen (secondary N) is 1. The van der Waals surface area contributed by atoms with E-state index in [4.69, 9.17) is 5.26 Å². The summed E-state index contributed by atoms with van der Waals surface area (Å²) in [6, 6.07) is 8.35. The standard InChI is InChI=1S/C11H7ClF2N2O/c12-11(13,14)10(17)5-6-16-9-4-2-1-3-8(9)7-15/h1-6,16H/b6-5-. The molecule has 0 aliphatic heterocycles. The third-order valence-corrected chi connectivity index (χ3v) is 1.99. The van der Waals surface area contributed by atoms with Gasteiger partial charge in [0.25, 0.3) is 0 Å². The van der Waals surface area contributed by atoms with Crippen molar-refractivity contribution in [2.75, 3.05) is 5.32 Å². The molecule has 0 aliphatic rings. The Morgan fingerprint density at radius 2 is 2.12 bits per heavy atom. The molecule has 0 atom stereocenters. The molecule has 0 aromatic heterocycles. The maximum absolute atomic E-state index is 12.3. The number of alkyl halides is 3. The topological polar surface area (TPSA) is 52.9 Å². The Labute approximate surface area is 101 Å². The van der Waals surface area contributed by atoms with Crippen molar-refractivity contribution in [3.63, 3.8) is 0 Å². The average molecular weight is 257 g/mol. The summed E-state index contributed by atoms with van der Waals surface area (Å²) in [6.45, 7) is 0. The van der Waals surface area contributed by atoms with Gasteiger partial charge in [0, 0.05) is 12.3 Å². The highest BCUT2D eigenvalue weighted by Gasteiger charge is 2.33. The maximum atomic E-state index is 12.3. The van der Waals surface area contributed by atoms with Crippen LogP contribution < -0.4 is 5.32 Å². The van der Waals surface area contributed by atoms with Crippen LogP contribution in [0.3, 0.4) is 0 Å². The lowest BCUT2D eigenvalue weighted by atomic mass is 10.2. The molecule has 0 saturated heterocycles. The third-order valence-electron chi connectivity index (χ3n) is 1.80. The molecule has 0 saturated carbocycles. The fourth-order valence-electron chi connectivity index (χ4n) is 1.01. The molecule has 0 unspecified atom stereocenters. The van der Waals surface area contributed by atoms with Gasteiger partial charge in [0.15, 0.2) is 0 Å². The van der Waals surface area contributed by atoms with Crippen LogP contribution in [0.15, 0.2) is 36.5 Å². The predicted octanol–water partition coefficient (Wildman–Crippen LogP) is 2.88. The third kappa shape index (κ3) is 3.85. The Morgan fingerprint density at radius 1 is 1.47 bits per heavy atom. The van der Waals surface area contributed by atoms with Gasteiger partial charge < -0.3 is 5.32 Å². The molecule has 1 rings (SSSR count). The van der Waals surface area contributed by atoms with Crippen LogP contribution in [-0.4, -0.2) is 11.2 Å². The van der Waals surface area contributed by atoms with Gasteiger partial charge in [-0.15, -0.1) is 0 Å². The predicted molar refractivity (Wildman–Crippen MR) is 59.7 cm³/mol. The van der Waals surface area contributed by atoms with E-state index in [0.29, 0.717) is 17.3 Å². The molecule has 0 spiro atoms. The highest BCUT2D eigenvalue weighted by Crippen LogP contribution is 2.20. The zero-order valence-corrected chi connectivity index (χ0v) is 9.21. The second kappa shape index (κ2) is 5.41. The van der Waals surface area contributed by atoms with E-state index >= 15 is 0 Å². The number of benzene rings is 1. The van der Waals surface area contributed by atoms with Crippen molar-refractivity contribution in [1.82, 2.24) is 0 Å². The lowest BCUT2D eigenvalue weighted by Gasteiger charge is -2.03. The van der Waals surface area contributed by atoms with Gasteiger partial charge in [-0.25, -0.2) is 0 Å². The van der Waals surface area contributed by atoms with Crippen LogP contribution >= 0.6 is 11.6 Å². The lowest BCUT2D eigenvalue weighted by molar-refractivity contribution is -0.128. The number of hydrogen-bond donors (Lipinski definition) is 1. The van der Waals surface area contributed by atoms with Gasteiger partial charge in [0.2, 0.25) is 5.78 Å². The van der Waals surface area contributed by atoms with E-state index in [-0.39, 0.29) is 0 Å². The second-order valence-corrected chi connectivity index (χ2v) is 3.47. The first-order valence-electron chi connectivity index (χ1n) is 4.48. The fourth-order valence-corrected chi connectivity index (χ4v) is 1.07. The monoisotopic (exact) mass is 256 g/mol. The Bertz CT molecular complexity index is 489. The Hall–Kier alpha value is -1.93. The van der Waals surface area contributed by atoms with E-state index in [0.717, 1.165) is 6.20 Å². The molecule has 0 bridgehead atoms. The first kappa shape index (κ1) is 13.1. The van der Waals surface area contributed by atoms with Gasteiger partial charge in [0.05, 0.1) is 11.3 Å². The molecule has 0 aliphatic carbocycles. The highest BCUT2D eigenvalue weighted by atomic mass is 35.5. The van der Waals surface area contributed by atoms with Crippen molar-refractivity contribution < 1.29 is 13.6 Å². The number of hydrogen-bond acceptors (Lipinski definition) is 3. The van der Waals surface area contributed by atoms with E-state index in [1.54, 1.807) is 24.3 Å². The number of nitriles is 1. The summed E-state index contributed by atoms with van der Waals surface area (Å²) in [6.07, 6.45) is 1.62. The number of para-hydroxylation sites is 1. The van der Waals surface area contributed by atoms with E-state index in [9.17, 15) is 13.6 Å². The minimum absolute atomic E-state index is 0.335. The number of nitrogens with zero attached hydrogens (tertiary/aromatic N) is 1. The van der Waals surface area contributed by atoms with Crippen molar-refractivity contribution >= 4 is 23.1 Å². The summed E-state index contributed by atoms with van der Waals surface area (Å²) >= 11 is 4.51. The summed E-state index contributed by atoms with van der Waals surface area (Å²) < 4.78 is 24.5. The summed E-state index contributed by atoms with van der Waals surface area (Å²) in [7, 11) is 0.